The third-order valence-corrected chi connectivity index (χ3v) is 4.36. The first kappa shape index (κ1) is 19.8. The summed E-state index contributed by atoms with van der Waals surface area (Å²) in [6, 6.07) is 19.5. The van der Waals surface area contributed by atoms with E-state index in [0.717, 1.165) is 11.4 Å². The van der Waals surface area contributed by atoms with E-state index in [-0.39, 0.29) is 5.78 Å². The normalized spacial score (nSPS) is 10.7. The van der Waals surface area contributed by atoms with E-state index >= 15 is 0 Å². The van der Waals surface area contributed by atoms with Gasteiger partial charge in [0.05, 0.1) is 12.1 Å². The molecular formula is C22H17Cl2NO3. The van der Waals surface area contributed by atoms with Crippen LogP contribution in [0.25, 0.3) is 0 Å². The van der Waals surface area contributed by atoms with E-state index in [4.69, 9.17) is 32.7 Å². The predicted octanol–water partition coefficient (Wildman–Crippen LogP) is 6.60. The Morgan fingerprint density at radius 2 is 1.68 bits per heavy atom. The highest BCUT2D eigenvalue weighted by Crippen LogP contribution is 2.26. The van der Waals surface area contributed by atoms with Crippen molar-refractivity contribution in [3.63, 3.8) is 0 Å². The van der Waals surface area contributed by atoms with Gasteiger partial charge in [0.1, 0.15) is 17.2 Å². The van der Waals surface area contributed by atoms with E-state index < -0.39 is 0 Å². The minimum absolute atomic E-state index is 0.216. The molecule has 142 valence electrons. The summed E-state index contributed by atoms with van der Waals surface area (Å²) in [6.07, 6.45) is 2.97. The summed E-state index contributed by atoms with van der Waals surface area (Å²) in [5.74, 6) is 1.88. The first-order valence-electron chi connectivity index (χ1n) is 8.39. The van der Waals surface area contributed by atoms with Crippen molar-refractivity contribution in [2.75, 3.05) is 12.4 Å². The van der Waals surface area contributed by atoms with Gasteiger partial charge in [-0.15, -0.1) is 0 Å². The average molecular weight is 414 g/mol. The number of hydrogen-bond donors (Lipinski definition) is 1. The molecule has 3 aromatic carbocycles. The fourth-order valence-corrected chi connectivity index (χ4v) is 2.91. The van der Waals surface area contributed by atoms with Crippen molar-refractivity contribution in [1.82, 2.24) is 0 Å². The van der Waals surface area contributed by atoms with E-state index in [1.807, 2.05) is 48.5 Å². The Bertz CT molecular complexity index is 1000. The van der Waals surface area contributed by atoms with Crippen molar-refractivity contribution in [3.8, 4) is 17.2 Å². The summed E-state index contributed by atoms with van der Waals surface area (Å²) < 4.78 is 11.0. The van der Waals surface area contributed by atoms with Crippen molar-refractivity contribution >= 4 is 34.7 Å². The van der Waals surface area contributed by atoms with Crippen molar-refractivity contribution in [1.29, 1.82) is 0 Å². The summed E-state index contributed by atoms with van der Waals surface area (Å²) in [5, 5.41) is 3.85. The maximum atomic E-state index is 12.2. The Hall–Kier alpha value is -2.95. The lowest BCUT2D eigenvalue weighted by Gasteiger charge is -2.08. The lowest BCUT2D eigenvalue weighted by molar-refractivity contribution is 0.104. The molecule has 0 atom stereocenters. The van der Waals surface area contributed by atoms with Crippen LogP contribution in [-0.2, 0) is 0 Å². The summed E-state index contributed by atoms with van der Waals surface area (Å²) in [4.78, 5) is 12.2. The molecule has 0 saturated heterocycles. The molecule has 3 aromatic rings. The molecular weight excluding hydrogens is 397 g/mol. The number of nitrogens with one attached hydrogen (secondary N) is 1. The second kappa shape index (κ2) is 9.31. The number of ether oxygens (including phenoxy) is 2. The molecule has 0 fully saturated rings. The predicted molar refractivity (Wildman–Crippen MR) is 113 cm³/mol. The summed E-state index contributed by atoms with van der Waals surface area (Å²) >= 11 is 11.9. The fraction of sp³-hybridized carbons (Fsp3) is 0.0455. The Labute approximate surface area is 173 Å². The molecule has 0 bridgehead atoms. The zero-order valence-electron chi connectivity index (χ0n) is 15.0. The van der Waals surface area contributed by atoms with Crippen LogP contribution in [-0.4, -0.2) is 12.9 Å². The minimum atomic E-state index is -0.216. The molecule has 0 unspecified atom stereocenters. The van der Waals surface area contributed by atoms with Crippen LogP contribution in [0.5, 0.6) is 17.2 Å². The molecule has 1 N–H and O–H groups in total. The number of methoxy groups -OCH3 is 1. The maximum absolute atomic E-state index is 12.2. The third kappa shape index (κ3) is 5.28. The number of halogens is 2. The Balaban J connectivity index is 1.59. The zero-order valence-corrected chi connectivity index (χ0v) is 16.5. The smallest absolute Gasteiger partial charge is 0.188 e. The maximum Gasteiger partial charge on any atom is 0.188 e. The number of benzene rings is 3. The number of anilines is 1. The molecule has 0 aliphatic heterocycles. The van der Waals surface area contributed by atoms with Crippen molar-refractivity contribution in [2.24, 2.45) is 0 Å². The van der Waals surface area contributed by atoms with Gasteiger partial charge >= 0.3 is 0 Å². The molecule has 0 aliphatic carbocycles. The number of ketones is 1. The first-order valence-corrected chi connectivity index (χ1v) is 9.15. The van der Waals surface area contributed by atoms with E-state index in [0.29, 0.717) is 27.1 Å². The molecule has 0 aromatic heterocycles. The Kier molecular flexibility index (Phi) is 6.58. The molecule has 28 heavy (non-hydrogen) atoms. The van der Waals surface area contributed by atoms with Crippen LogP contribution in [0.3, 0.4) is 0 Å². The molecule has 0 amide bonds. The third-order valence-electron chi connectivity index (χ3n) is 3.81. The Morgan fingerprint density at radius 1 is 0.929 bits per heavy atom. The molecule has 0 heterocycles. The van der Waals surface area contributed by atoms with Gasteiger partial charge in [0.15, 0.2) is 5.78 Å². The van der Waals surface area contributed by atoms with Gasteiger partial charge in [-0.05, 0) is 54.6 Å². The molecule has 4 nitrogen and oxygen atoms in total. The summed E-state index contributed by atoms with van der Waals surface area (Å²) in [7, 11) is 1.61. The average Bonchev–Trinajstić information content (AvgIpc) is 2.69. The van der Waals surface area contributed by atoms with E-state index in [9.17, 15) is 4.79 Å². The fourth-order valence-electron chi connectivity index (χ4n) is 2.41. The quantitative estimate of drug-likeness (QED) is 0.349. The van der Waals surface area contributed by atoms with E-state index in [1.54, 1.807) is 31.5 Å². The second-order valence-electron chi connectivity index (χ2n) is 5.77. The summed E-state index contributed by atoms with van der Waals surface area (Å²) in [6.45, 7) is 0. The molecule has 0 radical (unpaired) electrons. The lowest BCUT2D eigenvalue weighted by Crippen LogP contribution is -1.97. The van der Waals surface area contributed by atoms with Crippen LogP contribution in [0, 0.1) is 0 Å². The van der Waals surface area contributed by atoms with Crippen molar-refractivity contribution < 1.29 is 14.3 Å². The Morgan fingerprint density at radius 3 is 2.39 bits per heavy atom. The highest BCUT2D eigenvalue weighted by atomic mass is 35.5. The highest BCUT2D eigenvalue weighted by Gasteiger charge is 2.07. The highest BCUT2D eigenvalue weighted by molar-refractivity contribution is 6.37. The van der Waals surface area contributed by atoms with Crippen molar-refractivity contribution in [3.05, 3.63) is 94.6 Å². The van der Waals surface area contributed by atoms with Gasteiger partial charge < -0.3 is 14.8 Å². The van der Waals surface area contributed by atoms with Gasteiger partial charge in [-0.1, -0.05) is 29.3 Å². The van der Waals surface area contributed by atoms with Crippen LogP contribution in [0.4, 0.5) is 5.69 Å². The van der Waals surface area contributed by atoms with Gasteiger partial charge in [-0.2, -0.15) is 0 Å². The second-order valence-corrected chi connectivity index (χ2v) is 6.62. The van der Waals surface area contributed by atoms with Crippen molar-refractivity contribution in [2.45, 2.75) is 0 Å². The molecule has 0 aliphatic rings. The van der Waals surface area contributed by atoms with Gasteiger partial charge in [0.25, 0.3) is 0 Å². The molecule has 3 rings (SSSR count). The first-order chi connectivity index (χ1) is 13.5. The van der Waals surface area contributed by atoms with E-state index in [1.165, 1.54) is 6.08 Å². The van der Waals surface area contributed by atoms with Crippen LogP contribution in [0.1, 0.15) is 10.4 Å². The van der Waals surface area contributed by atoms with Crippen LogP contribution < -0.4 is 14.8 Å². The van der Waals surface area contributed by atoms with Gasteiger partial charge in [0.2, 0.25) is 0 Å². The topological polar surface area (TPSA) is 47.6 Å². The molecule has 0 saturated carbocycles. The van der Waals surface area contributed by atoms with E-state index in [2.05, 4.69) is 5.32 Å². The van der Waals surface area contributed by atoms with Crippen LogP contribution >= 0.6 is 23.2 Å². The summed E-state index contributed by atoms with van der Waals surface area (Å²) in [5.41, 5.74) is 1.20. The van der Waals surface area contributed by atoms with Crippen LogP contribution in [0.2, 0.25) is 10.0 Å². The minimum Gasteiger partial charge on any atom is -0.497 e. The molecule has 0 spiro atoms. The lowest BCUT2D eigenvalue weighted by atomic mass is 10.1. The standard InChI is InChI=1S/C22H17Cl2NO3/c1-27-18-3-2-4-19(14-18)28-17-8-6-16(7-9-17)25-12-11-22(26)20-10-5-15(23)13-21(20)24/h2-14,25H,1H3/b12-11+. The number of allylic oxidation sites excluding steroid dienone is 1. The molecule has 6 heteroatoms. The number of rotatable bonds is 7. The zero-order chi connectivity index (χ0) is 19.9. The SMILES string of the molecule is COc1cccc(Oc2ccc(N/C=C/C(=O)c3ccc(Cl)cc3Cl)cc2)c1. The van der Waals surface area contributed by atoms with Crippen LogP contribution in [0.15, 0.2) is 79.0 Å². The largest absolute Gasteiger partial charge is 0.497 e. The number of hydrogen-bond acceptors (Lipinski definition) is 4. The number of carbonyl (C=O) groups is 1. The van der Waals surface area contributed by atoms with Gasteiger partial charge in [-0.25, -0.2) is 0 Å². The number of carbonyl (C=O) groups excluding carboxylic acids is 1. The van der Waals surface area contributed by atoms with Gasteiger partial charge in [0, 0.05) is 34.6 Å². The monoisotopic (exact) mass is 413 g/mol. The van der Waals surface area contributed by atoms with Gasteiger partial charge in [-0.3, -0.25) is 4.79 Å².